The number of benzene rings is 1. The first kappa shape index (κ1) is 11.9. The molecule has 2 rings (SSSR count). The Hall–Kier alpha value is -2.57. The maximum atomic E-state index is 11.4. The molecule has 94 valence electrons. The van der Waals surface area contributed by atoms with Crippen LogP contribution in [0.3, 0.4) is 0 Å². The number of hydrogen-bond acceptors (Lipinski definition) is 4. The molecule has 18 heavy (non-hydrogen) atoms. The topological polar surface area (TPSA) is 112 Å². The molecule has 1 aromatic heterocycles. The van der Waals surface area contributed by atoms with Gasteiger partial charge in [0.05, 0.1) is 11.9 Å². The lowest BCUT2D eigenvalue weighted by atomic mass is 10.1. The number of H-pyrrole nitrogens is 1. The van der Waals surface area contributed by atoms with Crippen molar-refractivity contribution in [3.05, 3.63) is 34.3 Å². The molecule has 0 unspecified atom stereocenters. The number of hydrogen-bond donors (Lipinski definition) is 3. The van der Waals surface area contributed by atoms with E-state index < -0.39 is 24.2 Å². The highest BCUT2D eigenvalue weighted by molar-refractivity contribution is 5.83. The van der Waals surface area contributed by atoms with Crippen LogP contribution in [-0.2, 0) is 16.0 Å². The molecule has 0 spiro atoms. The lowest BCUT2D eigenvalue weighted by molar-refractivity contribution is -0.137. The number of rotatable bonds is 4. The average Bonchev–Trinajstić information content (AvgIpc) is 2.66. The third-order valence-corrected chi connectivity index (χ3v) is 2.29. The summed E-state index contributed by atoms with van der Waals surface area (Å²) in [6.07, 6.45) is 0.0259. The van der Waals surface area contributed by atoms with Crippen LogP contribution in [0.15, 0.2) is 27.4 Å². The number of carbonyl (C=O) groups is 2. The van der Waals surface area contributed by atoms with Gasteiger partial charge in [0.25, 0.3) is 0 Å². The minimum Gasteiger partial charge on any atom is -0.480 e. The Bertz CT molecular complexity index is 655. The summed E-state index contributed by atoms with van der Waals surface area (Å²) in [4.78, 5) is 35.1. The van der Waals surface area contributed by atoms with Crippen LogP contribution < -0.4 is 11.1 Å². The number of nitrogens with one attached hydrogen (secondary N) is 2. The van der Waals surface area contributed by atoms with E-state index in [0.29, 0.717) is 16.7 Å². The monoisotopic (exact) mass is 250 g/mol. The number of oxazole rings is 1. The van der Waals surface area contributed by atoms with Crippen molar-refractivity contribution in [3.8, 4) is 0 Å². The molecule has 0 fully saturated rings. The zero-order valence-corrected chi connectivity index (χ0v) is 9.23. The lowest BCUT2D eigenvalue weighted by Crippen LogP contribution is -2.30. The molecule has 1 amide bonds. The molecular weight excluding hydrogens is 240 g/mol. The van der Waals surface area contributed by atoms with Gasteiger partial charge in [0, 0.05) is 0 Å². The number of aromatic amines is 1. The van der Waals surface area contributed by atoms with Crippen LogP contribution in [0.4, 0.5) is 0 Å². The second-order valence-corrected chi connectivity index (χ2v) is 3.69. The van der Waals surface area contributed by atoms with E-state index in [1.807, 2.05) is 0 Å². The van der Waals surface area contributed by atoms with Crippen LogP contribution in [-0.4, -0.2) is 28.5 Å². The van der Waals surface area contributed by atoms with Gasteiger partial charge in [-0.1, -0.05) is 6.07 Å². The second-order valence-electron chi connectivity index (χ2n) is 3.69. The Balaban J connectivity index is 2.09. The van der Waals surface area contributed by atoms with E-state index in [4.69, 9.17) is 9.52 Å². The Morgan fingerprint density at radius 2 is 2.17 bits per heavy atom. The van der Waals surface area contributed by atoms with Gasteiger partial charge in [-0.15, -0.1) is 0 Å². The van der Waals surface area contributed by atoms with Crippen molar-refractivity contribution in [1.82, 2.24) is 10.3 Å². The molecule has 0 radical (unpaired) electrons. The molecule has 1 aromatic carbocycles. The Kier molecular flexibility index (Phi) is 3.13. The number of aliphatic carboxylic acids is 1. The summed E-state index contributed by atoms with van der Waals surface area (Å²) in [5.74, 6) is -2.07. The van der Waals surface area contributed by atoms with Gasteiger partial charge in [-0.25, -0.2) is 4.79 Å². The first-order valence-electron chi connectivity index (χ1n) is 5.15. The summed E-state index contributed by atoms with van der Waals surface area (Å²) in [5, 5.41) is 10.6. The fourth-order valence-electron chi connectivity index (χ4n) is 1.52. The summed E-state index contributed by atoms with van der Waals surface area (Å²) >= 11 is 0. The zero-order valence-electron chi connectivity index (χ0n) is 9.23. The molecule has 7 nitrogen and oxygen atoms in total. The maximum absolute atomic E-state index is 11.4. The Morgan fingerprint density at radius 3 is 2.89 bits per heavy atom. The van der Waals surface area contributed by atoms with Crippen molar-refractivity contribution in [2.24, 2.45) is 0 Å². The highest BCUT2D eigenvalue weighted by Crippen LogP contribution is 2.12. The predicted octanol–water partition coefficient (Wildman–Crippen LogP) is -0.136. The maximum Gasteiger partial charge on any atom is 0.417 e. The van der Waals surface area contributed by atoms with Gasteiger partial charge in [0.2, 0.25) is 5.91 Å². The van der Waals surface area contributed by atoms with E-state index in [9.17, 15) is 14.4 Å². The third-order valence-electron chi connectivity index (χ3n) is 2.29. The molecule has 2 aromatic rings. The molecule has 0 bridgehead atoms. The smallest absolute Gasteiger partial charge is 0.417 e. The molecule has 0 atom stereocenters. The number of amides is 1. The first-order chi connectivity index (χ1) is 8.54. The average molecular weight is 250 g/mol. The quantitative estimate of drug-likeness (QED) is 0.699. The number of carboxylic acid groups (broad SMARTS) is 1. The van der Waals surface area contributed by atoms with E-state index in [1.165, 1.54) is 0 Å². The molecule has 0 aliphatic carbocycles. The van der Waals surface area contributed by atoms with Crippen molar-refractivity contribution in [2.75, 3.05) is 6.54 Å². The first-order valence-corrected chi connectivity index (χ1v) is 5.15. The van der Waals surface area contributed by atoms with Crippen LogP contribution >= 0.6 is 0 Å². The highest BCUT2D eigenvalue weighted by atomic mass is 16.4. The summed E-state index contributed by atoms with van der Waals surface area (Å²) in [6, 6.07) is 4.85. The van der Waals surface area contributed by atoms with Crippen LogP contribution in [0.2, 0.25) is 0 Å². The van der Waals surface area contributed by atoms with Gasteiger partial charge in [0.15, 0.2) is 5.58 Å². The van der Waals surface area contributed by atoms with Gasteiger partial charge in [-0.05, 0) is 17.7 Å². The van der Waals surface area contributed by atoms with E-state index in [0.717, 1.165) is 0 Å². The number of carbonyl (C=O) groups excluding carboxylic acids is 1. The summed E-state index contributed by atoms with van der Waals surface area (Å²) in [6.45, 7) is -0.416. The van der Waals surface area contributed by atoms with E-state index in [2.05, 4.69) is 10.3 Å². The number of carboxylic acids is 1. The van der Waals surface area contributed by atoms with Crippen LogP contribution in [0.25, 0.3) is 11.1 Å². The molecule has 0 saturated carbocycles. The van der Waals surface area contributed by atoms with E-state index >= 15 is 0 Å². The van der Waals surface area contributed by atoms with Crippen molar-refractivity contribution in [2.45, 2.75) is 6.42 Å². The van der Waals surface area contributed by atoms with Crippen LogP contribution in [0.1, 0.15) is 5.56 Å². The normalized spacial score (nSPS) is 10.4. The van der Waals surface area contributed by atoms with Crippen molar-refractivity contribution in [1.29, 1.82) is 0 Å². The number of aromatic nitrogens is 1. The Morgan fingerprint density at radius 1 is 1.39 bits per heavy atom. The highest BCUT2D eigenvalue weighted by Gasteiger charge is 2.07. The molecule has 3 N–H and O–H groups in total. The Labute approximate surface area is 100 Å². The third kappa shape index (κ3) is 2.76. The van der Waals surface area contributed by atoms with E-state index in [-0.39, 0.29) is 6.42 Å². The minimum atomic E-state index is -1.10. The summed E-state index contributed by atoms with van der Waals surface area (Å²) in [5.41, 5.74) is 1.55. The van der Waals surface area contributed by atoms with Crippen LogP contribution in [0.5, 0.6) is 0 Å². The predicted molar refractivity (Wildman–Crippen MR) is 61.2 cm³/mol. The fraction of sp³-hybridized carbons (Fsp3) is 0.182. The standard InChI is InChI=1S/C11H10N2O5/c14-9(12-5-10(15)16)4-6-1-2-7-8(3-6)18-11(17)13-7/h1-3H,4-5H2,(H,12,14)(H,13,17)(H,15,16). The van der Waals surface area contributed by atoms with Gasteiger partial charge in [-0.3, -0.25) is 14.6 Å². The fourth-order valence-corrected chi connectivity index (χ4v) is 1.52. The van der Waals surface area contributed by atoms with E-state index in [1.54, 1.807) is 18.2 Å². The molecule has 0 aliphatic heterocycles. The largest absolute Gasteiger partial charge is 0.480 e. The van der Waals surface area contributed by atoms with Crippen molar-refractivity contribution >= 4 is 23.0 Å². The molecule has 0 aliphatic rings. The second kappa shape index (κ2) is 4.74. The van der Waals surface area contributed by atoms with Crippen molar-refractivity contribution in [3.63, 3.8) is 0 Å². The molecular formula is C11H10N2O5. The minimum absolute atomic E-state index is 0.0259. The molecule has 7 heteroatoms. The lowest BCUT2D eigenvalue weighted by Gasteiger charge is -2.02. The number of fused-ring (bicyclic) bond motifs is 1. The van der Waals surface area contributed by atoms with Gasteiger partial charge in [0.1, 0.15) is 6.54 Å². The SMILES string of the molecule is O=C(O)CNC(=O)Cc1ccc2[nH]c(=O)oc2c1. The zero-order chi connectivity index (χ0) is 13.1. The summed E-state index contributed by atoms with van der Waals surface area (Å²) < 4.78 is 4.85. The van der Waals surface area contributed by atoms with Gasteiger partial charge >= 0.3 is 11.7 Å². The summed E-state index contributed by atoms with van der Waals surface area (Å²) in [7, 11) is 0. The van der Waals surface area contributed by atoms with Gasteiger partial charge < -0.3 is 14.8 Å². The molecule has 0 saturated heterocycles. The van der Waals surface area contributed by atoms with Crippen molar-refractivity contribution < 1.29 is 19.1 Å². The molecule has 1 heterocycles. The van der Waals surface area contributed by atoms with Gasteiger partial charge in [-0.2, -0.15) is 0 Å². The van der Waals surface area contributed by atoms with Crippen LogP contribution in [0, 0.1) is 0 Å².